The molecule has 0 saturated heterocycles. The Morgan fingerprint density at radius 2 is 1.86 bits per heavy atom. The monoisotopic (exact) mass is 401 g/mol. The number of phenols is 1. The number of hydrogen-bond donors (Lipinski definition) is 3. The van der Waals surface area contributed by atoms with Gasteiger partial charge in [-0.1, -0.05) is 6.07 Å². The van der Waals surface area contributed by atoms with E-state index in [2.05, 4.69) is 5.32 Å². The van der Waals surface area contributed by atoms with E-state index in [1.165, 1.54) is 30.3 Å². The van der Waals surface area contributed by atoms with Crippen LogP contribution in [0.5, 0.6) is 5.75 Å². The lowest BCUT2D eigenvalue weighted by Gasteiger charge is -2.10. The number of aromatic hydroxyl groups is 1. The molecule has 0 fully saturated rings. The zero-order valence-corrected chi connectivity index (χ0v) is 12.6. The molecule has 0 aliphatic carbocycles. The first-order chi connectivity index (χ1) is 9.90. The summed E-state index contributed by atoms with van der Waals surface area (Å²) < 4.78 is 13.4. The molecule has 0 bridgehead atoms. The first-order valence-electron chi connectivity index (χ1n) is 5.72. The van der Waals surface area contributed by atoms with Gasteiger partial charge in [-0.25, -0.2) is 9.18 Å². The summed E-state index contributed by atoms with van der Waals surface area (Å²) in [5.74, 6) is -2.88. The number of carbonyl (C=O) groups excluding carboxylic acids is 1. The Morgan fingerprint density at radius 3 is 2.48 bits per heavy atom. The van der Waals surface area contributed by atoms with Crippen molar-refractivity contribution in [3.63, 3.8) is 0 Å². The number of benzene rings is 2. The van der Waals surface area contributed by atoms with Crippen molar-refractivity contribution in [2.24, 2.45) is 0 Å². The SMILES string of the molecule is O=C(Nc1cccc(C(=O)O)c1O)c1ccc(F)cc1I. The third kappa shape index (κ3) is 3.30. The zero-order valence-electron chi connectivity index (χ0n) is 10.4. The van der Waals surface area contributed by atoms with Gasteiger partial charge >= 0.3 is 5.97 Å². The van der Waals surface area contributed by atoms with Gasteiger partial charge in [-0.3, -0.25) is 4.79 Å². The second-order valence-corrected chi connectivity index (χ2v) is 5.25. The molecule has 0 spiro atoms. The number of carboxylic acids is 1. The summed E-state index contributed by atoms with van der Waals surface area (Å²) in [6.45, 7) is 0. The van der Waals surface area contributed by atoms with Crippen LogP contribution in [0.15, 0.2) is 36.4 Å². The Hall–Kier alpha value is -2.16. The lowest BCUT2D eigenvalue weighted by Crippen LogP contribution is -2.14. The van der Waals surface area contributed by atoms with E-state index in [1.54, 1.807) is 0 Å². The van der Waals surface area contributed by atoms with Gasteiger partial charge in [0.2, 0.25) is 0 Å². The lowest BCUT2D eigenvalue weighted by molar-refractivity contribution is 0.0693. The van der Waals surface area contributed by atoms with E-state index in [9.17, 15) is 19.1 Å². The summed E-state index contributed by atoms with van der Waals surface area (Å²) in [4.78, 5) is 23.0. The van der Waals surface area contributed by atoms with E-state index in [-0.39, 0.29) is 16.8 Å². The third-order valence-corrected chi connectivity index (χ3v) is 3.58. The van der Waals surface area contributed by atoms with Crippen molar-refractivity contribution in [2.45, 2.75) is 0 Å². The van der Waals surface area contributed by atoms with Gasteiger partial charge in [0.05, 0.1) is 11.3 Å². The molecule has 0 unspecified atom stereocenters. The van der Waals surface area contributed by atoms with E-state index < -0.39 is 23.4 Å². The smallest absolute Gasteiger partial charge is 0.339 e. The van der Waals surface area contributed by atoms with Gasteiger partial charge in [0.15, 0.2) is 5.75 Å². The molecular formula is C14H9FINO4. The summed E-state index contributed by atoms with van der Waals surface area (Å²) in [6.07, 6.45) is 0. The van der Waals surface area contributed by atoms with Crippen LogP contribution in [0.3, 0.4) is 0 Å². The highest BCUT2D eigenvalue weighted by atomic mass is 127. The van der Waals surface area contributed by atoms with Gasteiger partial charge in [0.25, 0.3) is 5.91 Å². The minimum Gasteiger partial charge on any atom is -0.505 e. The van der Waals surface area contributed by atoms with E-state index in [1.807, 2.05) is 22.6 Å². The lowest BCUT2D eigenvalue weighted by atomic mass is 10.1. The number of carboxylic acid groups (broad SMARTS) is 1. The van der Waals surface area contributed by atoms with Crippen LogP contribution in [0, 0.1) is 9.39 Å². The average molecular weight is 401 g/mol. The second kappa shape index (κ2) is 6.08. The Labute approximate surface area is 132 Å². The molecule has 1 amide bonds. The standard InChI is InChI=1S/C14H9FINO4/c15-7-4-5-8(10(16)6-7)13(19)17-11-3-1-2-9(12(11)18)14(20)21/h1-6,18H,(H,17,19)(H,20,21). The van der Waals surface area contributed by atoms with Crippen molar-refractivity contribution in [1.82, 2.24) is 0 Å². The van der Waals surface area contributed by atoms with E-state index in [0.29, 0.717) is 3.57 Å². The Kier molecular flexibility index (Phi) is 4.41. The fourth-order valence-electron chi connectivity index (χ4n) is 1.68. The number of carbonyl (C=O) groups is 2. The molecule has 7 heteroatoms. The predicted octanol–water partition coefficient (Wildman–Crippen LogP) is 3.09. The third-order valence-electron chi connectivity index (χ3n) is 2.69. The van der Waals surface area contributed by atoms with E-state index in [0.717, 1.165) is 6.07 Å². The van der Waals surface area contributed by atoms with Gasteiger partial charge in [0, 0.05) is 3.57 Å². The summed E-state index contributed by atoms with van der Waals surface area (Å²) >= 11 is 1.81. The number of amides is 1. The van der Waals surface area contributed by atoms with E-state index in [4.69, 9.17) is 5.11 Å². The predicted molar refractivity (Wildman–Crippen MR) is 82.1 cm³/mol. The Bertz CT molecular complexity index is 733. The largest absolute Gasteiger partial charge is 0.505 e. The minimum atomic E-state index is -1.31. The minimum absolute atomic E-state index is 0.0278. The molecule has 0 heterocycles. The van der Waals surface area contributed by atoms with Gasteiger partial charge < -0.3 is 15.5 Å². The number of halogens is 2. The highest BCUT2D eigenvalue weighted by Crippen LogP contribution is 2.28. The quantitative estimate of drug-likeness (QED) is 0.545. The van der Waals surface area contributed by atoms with Crippen LogP contribution in [-0.4, -0.2) is 22.1 Å². The summed E-state index contributed by atoms with van der Waals surface area (Å²) in [5, 5.41) is 21.1. The van der Waals surface area contributed by atoms with Gasteiger partial charge in [-0.15, -0.1) is 0 Å². The van der Waals surface area contributed by atoms with Crippen LogP contribution < -0.4 is 5.32 Å². The van der Waals surface area contributed by atoms with Gasteiger partial charge in [0.1, 0.15) is 11.4 Å². The molecule has 3 N–H and O–H groups in total. The number of aromatic carboxylic acids is 1. The fourth-order valence-corrected chi connectivity index (χ4v) is 2.40. The van der Waals surface area contributed by atoms with Crippen molar-refractivity contribution in [2.75, 3.05) is 5.32 Å². The van der Waals surface area contributed by atoms with Crippen molar-refractivity contribution in [3.8, 4) is 5.75 Å². The number of rotatable bonds is 3. The Balaban J connectivity index is 2.32. The maximum Gasteiger partial charge on any atom is 0.339 e. The molecule has 0 saturated carbocycles. The highest BCUT2D eigenvalue weighted by molar-refractivity contribution is 14.1. The number of hydrogen-bond acceptors (Lipinski definition) is 3. The zero-order chi connectivity index (χ0) is 15.6. The molecule has 2 aromatic carbocycles. The summed E-state index contributed by atoms with van der Waals surface area (Å²) in [5.41, 5.74) is -0.126. The molecule has 0 aromatic heterocycles. The molecule has 0 aliphatic rings. The van der Waals surface area contributed by atoms with Crippen molar-refractivity contribution in [1.29, 1.82) is 0 Å². The first-order valence-corrected chi connectivity index (χ1v) is 6.79. The van der Waals surface area contributed by atoms with Crippen LogP contribution in [0.1, 0.15) is 20.7 Å². The molecular weight excluding hydrogens is 392 g/mol. The maximum atomic E-state index is 13.0. The molecule has 108 valence electrons. The first kappa shape index (κ1) is 15.2. The molecule has 0 atom stereocenters. The number of nitrogens with one attached hydrogen (secondary N) is 1. The molecule has 5 nitrogen and oxygen atoms in total. The average Bonchev–Trinajstić information content (AvgIpc) is 2.40. The van der Waals surface area contributed by atoms with Crippen LogP contribution in [0.2, 0.25) is 0 Å². The summed E-state index contributed by atoms with van der Waals surface area (Å²) in [7, 11) is 0. The molecule has 21 heavy (non-hydrogen) atoms. The number of para-hydroxylation sites is 1. The molecule has 2 aromatic rings. The molecule has 0 radical (unpaired) electrons. The fraction of sp³-hybridized carbons (Fsp3) is 0. The number of anilines is 1. The normalized spacial score (nSPS) is 10.2. The van der Waals surface area contributed by atoms with Crippen molar-refractivity contribution in [3.05, 3.63) is 56.9 Å². The second-order valence-electron chi connectivity index (χ2n) is 4.09. The van der Waals surface area contributed by atoms with Crippen molar-refractivity contribution < 1.29 is 24.2 Å². The van der Waals surface area contributed by atoms with Gasteiger partial charge in [-0.2, -0.15) is 0 Å². The topological polar surface area (TPSA) is 86.6 Å². The molecule has 2 rings (SSSR count). The molecule has 0 aliphatic heterocycles. The van der Waals surface area contributed by atoms with Crippen LogP contribution >= 0.6 is 22.6 Å². The van der Waals surface area contributed by atoms with Crippen LogP contribution in [0.25, 0.3) is 0 Å². The van der Waals surface area contributed by atoms with Crippen molar-refractivity contribution >= 4 is 40.2 Å². The maximum absolute atomic E-state index is 13.0. The summed E-state index contributed by atoms with van der Waals surface area (Å²) in [6, 6.07) is 7.64. The van der Waals surface area contributed by atoms with Crippen LogP contribution in [0.4, 0.5) is 10.1 Å². The van der Waals surface area contributed by atoms with E-state index >= 15 is 0 Å². The van der Waals surface area contributed by atoms with Gasteiger partial charge in [-0.05, 0) is 52.9 Å². The highest BCUT2D eigenvalue weighted by Gasteiger charge is 2.16. The van der Waals surface area contributed by atoms with Crippen LogP contribution in [-0.2, 0) is 0 Å². The Morgan fingerprint density at radius 1 is 1.14 bits per heavy atom.